The van der Waals surface area contributed by atoms with Gasteiger partial charge >= 0.3 is 0 Å². The molecule has 0 aromatic rings. The van der Waals surface area contributed by atoms with Crippen LogP contribution in [0.2, 0.25) is 0 Å². The molecule has 86 valence electrons. The summed E-state index contributed by atoms with van der Waals surface area (Å²) in [4.78, 5) is 2.48. The molecule has 3 nitrogen and oxygen atoms in total. The molecular formula is C12H23N3. The van der Waals surface area contributed by atoms with Crippen molar-refractivity contribution in [2.24, 2.45) is 0 Å². The summed E-state index contributed by atoms with van der Waals surface area (Å²) in [5.41, 5.74) is -0.341. The van der Waals surface area contributed by atoms with Gasteiger partial charge in [0.25, 0.3) is 0 Å². The highest BCUT2D eigenvalue weighted by Crippen LogP contribution is 2.13. The second-order valence-corrected chi connectivity index (χ2v) is 4.63. The average Bonchev–Trinajstić information content (AvgIpc) is 2.28. The van der Waals surface area contributed by atoms with E-state index < -0.39 is 0 Å². The molecule has 1 fully saturated rings. The maximum absolute atomic E-state index is 9.11. The van der Waals surface area contributed by atoms with Crippen LogP contribution in [0.1, 0.15) is 39.5 Å². The highest BCUT2D eigenvalue weighted by atomic mass is 15.1. The quantitative estimate of drug-likeness (QED) is 0.750. The third-order valence-electron chi connectivity index (χ3n) is 3.19. The molecule has 0 bridgehead atoms. The highest BCUT2D eigenvalue weighted by molar-refractivity contribution is 5.03. The molecule has 1 atom stereocenters. The van der Waals surface area contributed by atoms with E-state index in [0.717, 1.165) is 19.5 Å². The molecule has 0 aromatic heterocycles. The SMILES string of the molecule is CCNC(C)(C#N)CCN1CCCCC1. The van der Waals surface area contributed by atoms with Gasteiger partial charge in [-0.25, -0.2) is 0 Å². The first-order valence-corrected chi connectivity index (χ1v) is 6.09. The van der Waals surface area contributed by atoms with Gasteiger partial charge < -0.3 is 4.90 Å². The molecule has 15 heavy (non-hydrogen) atoms. The van der Waals surface area contributed by atoms with E-state index >= 15 is 0 Å². The van der Waals surface area contributed by atoms with Gasteiger partial charge in [-0.15, -0.1) is 0 Å². The van der Waals surface area contributed by atoms with Crippen molar-refractivity contribution in [2.75, 3.05) is 26.2 Å². The van der Waals surface area contributed by atoms with E-state index in [0.29, 0.717) is 0 Å². The Bertz CT molecular complexity index is 215. The van der Waals surface area contributed by atoms with Crippen LogP contribution in [0.25, 0.3) is 0 Å². The molecule has 1 rings (SSSR count). The Hall–Kier alpha value is -0.590. The predicted molar refractivity (Wildman–Crippen MR) is 62.6 cm³/mol. The Balaban J connectivity index is 2.30. The van der Waals surface area contributed by atoms with Crippen molar-refractivity contribution in [3.8, 4) is 6.07 Å². The molecule has 0 aromatic carbocycles. The normalized spacial score (nSPS) is 21.9. The van der Waals surface area contributed by atoms with Crippen molar-refractivity contribution >= 4 is 0 Å². The summed E-state index contributed by atoms with van der Waals surface area (Å²) in [7, 11) is 0. The van der Waals surface area contributed by atoms with Crippen molar-refractivity contribution in [1.82, 2.24) is 10.2 Å². The molecule has 1 N–H and O–H groups in total. The molecule has 0 amide bonds. The van der Waals surface area contributed by atoms with Crippen LogP contribution in [-0.2, 0) is 0 Å². The lowest BCUT2D eigenvalue weighted by molar-refractivity contribution is 0.209. The fraction of sp³-hybridized carbons (Fsp3) is 0.917. The van der Waals surface area contributed by atoms with E-state index in [1.165, 1.54) is 32.4 Å². The molecule has 3 heteroatoms. The minimum Gasteiger partial charge on any atom is -0.303 e. The molecule has 1 aliphatic heterocycles. The average molecular weight is 209 g/mol. The van der Waals surface area contributed by atoms with Gasteiger partial charge in [0.15, 0.2) is 0 Å². The fourth-order valence-electron chi connectivity index (χ4n) is 2.14. The molecule has 0 aliphatic carbocycles. The van der Waals surface area contributed by atoms with E-state index in [-0.39, 0.29) is 5.54 Å². The van der Waals surface area contributed by atoms with E-state index in [4.69, 9.17) is 5.26 Å². The van der Waals surface area contributed by atoms with Gasteiger partial charge in [0.05, 0.1) is 6.07 Å². The standard InChI is InChI=1S/C12H23N3/c1-3-14-12(2,11-13)7-10-15-8-5-4-6-9-15/h14H,3-10H2,1-2H3. The fourth-order valence-corrected chi connectivity index (χ4v) is 2.14. The van der Waals surface area contributed by atoms with Gasteiger partial charge in [-0.3, -0.25) is 5.32 Å². The van der Waals surface area contributed by atoms with Crippen LogP contribution in [0, 0.1) is 11.3 Å². The molecule has 0 saturated carbocycles. The largest absolute Gasteiger partial charge is 0.303 e. The molecule has 1 unspecified atom stereocenters. The summed E-state index contributed by atoms with van der Waals surface area (Å²) in [6.07, 6.45) is 4.95. The number of piperidine rings is 1. The maximum atomic E-state index is 9.11. The Morgan fingerprint density at radius 2 is 2.00 bits per heavy atom. The van der Waals surface area contributed by atoms with Crippen molar-refractivity contribution in [3.63, 3.8) is 0 Å². The third kappa shape index (κ3) is 4.19. The zero-order chi connectivity index (χ0) is 11.1. The van der Waals surface area contributed by atoms with E-state index in [1.807, 2.05) is 6.92 Å². The molecule has 1 aliphatic rings. The van der Waals surface area contributed by atoms with Gasteiger partial charge in [0.1, 0.15) is 5.54 Å². The molecule has 0 spiro atoms. The zero-order valence-corrected chi connectivity index (χ0v) is 10.1. The number of nitrogens with one attached hydrogen (secondary N) is 1. The minimum absolute atomic E-state index is 0.341. The summed E-state index contributed by atoms with van der Waals surface area (Å²) in [5.74, 6) is 0. The first-order chi connectivity index (χ1) is 7.20. The van der Waals surface area contributed by atoms with Crippen LogP contribution >= 0.6 is 0 Å². The topological polar surface area (TPSA) is 39.1 Å². The third-order valence-corrected chi connectivity index (χ3v) is 3.19. The Morgan fingerprint density at radius 1 is 1.33 bits per heavy atom. The van der Waals surface area contributed by atoms with Crippen LogP contribution in [0.4, 0.5) is 0 Å². The van der Waals surface area contributed by atoms with E-state index in [1.54, 1.807) is 0 Å². The minimum atomic E-state index is -0.341. The van der Waals surface area contributed by atoms with E-state index in [9.17, 15) is 0 Å². The van der Waals surface area contributed by atoms with Gasteiger partial charge in [0, 0.05) is 6.54 Å². The molecule has 1 heterocycles. The van der Waals surface area contributed by atoms with Gasteiger partial charge in [-0.1, -0.05) is 13.3 Å². The highest BCUT2D eigenvalue weighted by Gasteiger charge is 2.23. The first kappa shape index (κ1) is 12.5. The van der Waals surface area contributed by atoms with Crippen LogP contribution in [0.5, 0.6) is 0 Å². The van der Waals surface area contributed by atoms with Crippen LogP contribution in [0.3, 0.4) is 0 Å². The summed E-state index contributed by atoms with van der Waals surface area (Å²) in [6.45, 7) is 8.40. The van der Waals surface area contributed by atoms with Crippen molar-refractivity contribution < 1.29 is 0 Å². The van der Waals surface area contributed by atoms with Crippen LogP contribution in [-0.4, -0.2) is 36.6 Å². The summed E-state index contributed by atoms with van der Waals surface area (Å²) >= 11 is 0. The zero-order valence-electron chi connectivity index (χ0n) is 10.1. The lowest BCUT2D eigenvalue weighted by Crippen LogP contribution is -2.44. The second-order valence-electron chi connectivity index (χ2n) is 4.63. The maximum Gasteiger partial charge on any atom is 0.105 e. The first-order valence-electron chi connectivity index (χ1n) is 6.09. The molecular weight excluding hydrogens is 186 g/mol. The van der Waals surface area contributed by atoms with Crippen molar-refractivity contribution in [2.45, 2.75) is 45.1 Å². The second kappa shape index (κ2) is 6.09. The Morgan fingerprint density at radius 3 is 2.53 bits per heavy atom. The van der Waals surface area contributed by atoms with Gasteiger partial charge in [0.2, 0.25) is 0 Å². The lowest BCUT2D eigenvalue weighted by Gasteiger charge is -2.30. The molecule has 0 radical (unpaired) electrons. The van der Waals surface area contributed by atoms with Crippen LogP contribution in [0.15, 0.2) is 0 Å². The van der Waals surface area contributed by atoms with Crippen LogP contribution < -0.4 is 5.32 Å². The summed E-state index contributed by atoms with van der Waals surface area (Å²) < 4.78 is 0. The number of nitriles is 1. The Labute approximate surface area is 93.5 Å². The number of hydrogen-bond donors (Lipinski definition) is 1. The molecule has 1 saturated heterocycles. The smallest absolute Gasteiger partial charge is 0.105 e. The number of hydrogen-bond acceptors (Lipinski definition) is 3. The lowest BCUT2D eigenvalue weighted by atomic mass is 9.99. The number of nitrogens with zero attached hydrogens (tertiary/aromatic N) is 2. The van der Waals surface area contributed by atoms with Crippen molar-refractivity contribution in [1.29, 1.82) is 5.26 Å². The van der Waals surface area contributed by atoms with E-state index in [2.05, 4.69) is 23.2 Å². The Kier molecular flexibility index (Phi) is 5.07. The van der Waals surface area contributed by atoms with Gasteiger partial charge in [-0.05, 0) is 45.8 Å². The summed E-state index contributed by atoms with van der Waals surface area (Å²) in [5, 5.41) is 12.4. The van der Waals surface area contributed by atoms with Gasteiger partial charge in [-0.2, -0.15) is 5.26 Å². The summed E-state index contributed by atoms with van der Waals surface area (Å²) in [6, 6.07) is 2.38. The predicted octanol–water partition coefficient (Wildman–Crippen LogP) is 1.75. The van der Waals surface area contributed by atoms with Crippen molar-refractivity contribution in [3.05, 3.63) is 0 Å². The number of likely N-dealkylation sites (tertiary alicyclic amines) is 1. The number of rotatable bonds is 5. The monoisotopic (exact) mass is 209 g/mol.